The van der Waals surface area contributed by atoms with Gasteiger partial charge in [0, 0.05) is 11.7 Å². The monoisotopic (exact) mass is 261 g/mol. The van der Waals surface area contributed by atoms with Crippen molar-refractivity contribution in [1.29, 1.82) is 0 Å². The lowest BCUT2D eigenvalue weighted by atomic mass is 10.2. The van der Waals surface area contributed by atoms with Gasteiger partial charge in [-0.2, -0.15) is 0 Å². The number of nitrogens with one attached hydrogen (secondary N) is 1. The van der Waals surface area contributed by atoms with Crippen LogP contribution in [-0.2, 0) is 6.54 Å². The molecule has 0 unspecified atom stereocenters. The molecule has 2 heterocycles. The third kappa shape index (κ3) is 3.15. The Morgan fingerprint density at radius 2 is 2.06 bits per heavy atom. The zero-order chi connectivity index (χ0) is 13.1. The quantitative estimate of drug-likeness (QED) is 0.917. The summed E-state index contributed by atoms with van der Waals surface area (Å²) in [7, 11) is 0. The highest BCUT2D eigenvalue weighted by Gasteiger charge is 2.08. The molecule has 96 valence electrons. The van der Waals surface area contributed by atoms with Gasteiger partial charge >= 0.3 is 0 Å². The molecule has 0 atom stereocenters. The van der Waals surface area contributed by atoms with Gasteiger partial charge in [0.1, 0.15) is 5.82 Å². The molecule has 0 amide bonds. The lowest BCUT2D eigenvalue weighted by Gasteiger charge is -2.09. The number of aromatic nitrogens is 2. The van der Waals surface area contributed by atoms with Crippen LogP contribution in [0.15, 0.2) is 17.5 Å². The molecule has 2 aromatic rings. The first kappa shape index (κ1) is 13.2. The lowest BCUT2D eigenvalue weighted by Crippen LogP contribution is -2.23. The molecule has 3 nitrogen and oxygen atoms in total. The molecular formula is C14H19N3S. The Hall–Kier alpha value is -1.26. The van der Waals surface area contributed by atoms with Gasteiger partial charge < -0.3 is 5.32 Å². The van der Waals surface area contributed by atoms with Gasteiger partial charge in [-0.05, 0) is 36.9 Å². The van der Waals surface area contributed by atoms with Crippen LogP contribution >= 0.6 is 11.3 Å². The minimum atomic E-state index is 0.445. The summed E-state index contributed by atoms with van der Waals surface area (Å²) < 4.78 is 0. The number of aryl methyl sites for hydroxylation is 2. The number of hydrogen-bond acceptors (Lipinski definition) is 4. The van der Waals surface area contributed by atoms with E-state index in [1.807, 2.05) is 6.92 Å². The molecule has 0 bridgehead atoms. The van der Waals surface area contributed by atoms with Crippen LogP contribution in [0, 0.1) is 13.8 Å². The fraction of sp³-hybridized carbons (Fsp3) is 0.429. The Balaban J connectivity index is 2.29. The third-order valence-electron chi connectivity index (χ3n) is 2.66. The molecule has 0 aliphatic heterocycles. The van der Waals surface area contributed by atoms with Crippen LogP contribution in [0.25, 0.3) is 10.6 Å². The molecule has 0 aliphatic rings. The summed E-state index contributed by atoms with van der Waals surface area (Å²) in [5, 5.41) is 5.46. The van der Waals surface area contributed by atoms with Crippen molar-refractivity contribution in [3.8, 4) is 10.6 Å². The molecule has 0 fully saturated rings. The van der Waals surface area contributed by atoms with Crippen molar-refractivity contribution in [2.24, 2.45) is 0 Å². The fourth-order valence-electron chi connectivity index (χ4n) is 1.76. The molecule has 0 radical (unpaired) electrons. The first-order valence-electron chi connectivity index (χ1n) is 6.18. The van der Waals surface area contributed by atoms with Gasteiger partial charge in [0.05, 0.1) is 17.1 Å². The van der Waals surface area contributed by atoms with E-state index < -0.39 is 0 Å². The summed E-state index contributed by atoms with van der Waals surface area (Å²) >= 11 is 1.73. The largest absolute Gasteiger partial charge is 0.308 e. The van der Waals surface area contributed by atoms with Crippen molar-refractivity contribution < 1.29 is 0 Å². The molecule has 0 aliphatic carbocycles. The Morgan fingerprint density at radius 3 is 2.67 bits per heavy atom. The minimum absolute atomic E-state index is 0.445. The maximum Gasteiger partial charge on any atom is 0.143 e. The first-order valence-corrected chi connectivity index (χ1v) is 7.06. The second-order valence-corrected chi connectivity index (χ2v) is 5.70. The van der Waals surface area contributed by atoms with Crippen molar-refractivity contribution in [2.75, 3.05) is 0 Å². The van der Waals surface area contributed by atoms with Crippen LogP contribution in [-0.4, -0.2) is 16.0 Å². The van der Waals surface area contributed by atoms with Gasteiger partial charge in [-0.1, -0.05) is 13.8 Å². The van der Waals surface area contributed by atoms with Gasteiger partial charge in [-0.15, -0.1) is 11.3 Å². The maximum atomic E-state index is 4.65. The lowest BCUT2D eigenvalue weighted by molar-refractivity contribution is 0.571. The van der Waals surface area contributed by atoms with Crippen LogP contribution in [0.5, 0.6) is 0 Å². The van der Waals surface area contributed by atoms with Crippen LogP contribution < -0.4 is 5.32 Å². The predicted octanol–water partition coefficient (Wildman–Crippen LogP) is 3.32. The number of thiophene rings is 1. The average Bonchev–Trinajstić information content (AvgIpc) is 2.72. The van der Waals surface area contributed by atoms with Gasteiger partial charge in [-0.25, -0.2) is 9.97 Å². The molecule has 18 heavy (non-hydrogen) atoms. The smallest absolute Gasteiger partial charge is 0.143 e. The maximum absolute atomic E-state index is 4.65. The molecule has 0 saturated heterocycles. The molecule has 0 aromatic carbocycles. The normalized spacial score (nSPS) is 11.2. The van der Waals surface area contributed by atoms with Gasteiger partial charge in [0.2, 0.25) is 0 Å². The topological polar surface area (TPSA) is 37.8 Å². The summed E-state index contributed by atoms with van der Waals surface area (Å²) in [4.78, 5) is 10.4. The molecule has 0 spiro atoms. The zero-order valence-corrected chi connectivity index (χ0v) is 12.1. The van der Waals surface area contributed by atoms with Crippen molar-refractivity contribution in [1.82, 2.24) is 15.3 Å². The van der Waals surface area contributed by atoms with Crippen LogP contribution in [0.2, 0.25) is 0 Å². The van der Waals surface area contributed by atoms with E-state index in [0.717, 1.165) is 23.8 Å². The van der Waals surface area contributed by atoms with Crippen LogP contribution in [0.4, 0.5) is 0 Å². The van der Waals surface area contributed by atoms with E-state index in [2.05, 4.69) is 53.6 Å². The van der Waals surface area contributed by atoms with Crippen LogP contribution in [0.1, 0.15) is 30.9 Å². The number of nitrogens with zero attached hydrogens (tertiary/aromatic N) is 2. The SMILES string of the molecule is Cc1cc(-c2sccc2C)nc(CNC(C)C)n1. The van der Waals surface area contributed by atoms with Crippen molar-refractivity contribution >= 4 is 11.3 Å². The first-order chi connectivity index (χ1) is 8.56. The van der Waals surface area contributed by atoms with Gasteiger partial charge in [-0.3, -0.25) is 0 Å². The van der Waals surface area contributed by atoms with Crippen molar-refractivity contribution in [2.45, 2.75) is 40.3 Å². The molecule has 1 N–H and O–H groups in total. The summed E-state index contributed by atoms with van der Waals surface area (Å²) in [5.74, 6) is 0.867. The van der Waals surface area contributed by atoms with E-state index in [-0.39, 0.29) is 0 Å². The summed E-state index contributed by atoms with van der Waals surface area (Å²) in [6, 6.07) is 4.63. The molecular weight excluding hydrogens is 242 g/mol. The standard InChI is InChI=1S/C14H19N3S/c1-9(2)15-8-13-16-11(4)7-12(17-13)14-10(3)5-6-18-14/h5-7,9,15H,8H2,1-4H3. The summed E-state index contributed by atoms with van der Waals surface area (Å²) in [6.45, 7) is 9.11. The second kappa shape index (κ2) is 5.59. The van der Waals surface area contributed by atoms with Crippen molar-refractivity contribution in [3.63, 3.8) is 0 Å². The highest BCUT2D eigenvalue weighted by molar-refractivity contribution is 7.13. The predicted molar refractivity (Wildman–Crippen MR) is 76.8 cm³/mol. The van der Waals surface area contributed by atoms with E-state index >= 15 is 0 Å². The third-order valence-corrected chi connectivity index (χ3v) is 3.70. The summed E-state index contributed by atoms with van der Waals surface area (Å²) in [5.41, 5.74) is 3.34. The van der Waals surface area contributed by atoms with Crippen molar-refractivity contribution in [3.05, 3.63) is 34.6 Å². The highest BCUT2D eigenvalue weighted by Crippen LogP contribution is 2.27. The Kier molecular flexibility index (Phi) is 4.09. The van der Waals surface area contributed by atoms with Gasteiger partial charge in [0.25, 0.3) is 0 Å². The Labute approximate surface area is 112 Å². The van der Waals surface area contributed by atoms with E-state index in [1.165, 1.54) is 10.4 Å². The Bertz CT molecular complexity index is 532. The fourth-order valence-corrected chi connectivity index (χ4v) is 2.64. The number of rotatable bonds is 4. The second-order valence-electron chi connectivity index (χ2n) is 4.78. The molecule has 2 rings (SSSR count). The number of hydrogen-bond donors (Lipinski definition) is 1. The Morgan fingerprint density at radius 1 is 1.28 bits per heavy atom. The minimum Gasteiger partial charge on any atom is -0.308 e. The zero-order valence-electron chi connectivity index (χ0n) is 11.3. The van der Waals surface area contributed by atoms with Gasteiger partial charge in [0.15, 0.2) is 0 Å². The molecule has 0 saturated carbocycles. The summed E-state index contributed by atoms with van der Waals surface area (Å²) in [6.07, 6.45) is 0. The average molecular weight is 261 g/mol. The van der Waals surface area contributed by atoms with E-state index in [9.17, 15) is 0 Å². The molecule has 4 heteroatoms. The van der Waals surface area contributed by atoms with E-state index in [0.29, 0.717) is 6.04 Å². The molecule has 2 aromatic heterocycles. The van der Waals surface area contributed by atoms with E-state index in [4.69, 9.17) is 0 Å². The highest BCUT2D eigenvalue weighted by atomic mass is 32.1. The van der Waals surface area contributed by atoms with E-state index in [1.54, 1.807) is 11.3 Å². The van der Waals surface area contributed by atoms with Crippen LogP contribution in [0.3, 0.4) is 0 Å².